The first-order valence-corrected chi connectivity index (χ1v) is 34.6. The number of halogens is 4. The number of nitrogens with zero attached hydrogens (tertiary/aromatic N) is 6. The second-order valence-electron chi connectivity index (χ2n) is 25.3. The quantitative estimate of drug-likeness (QED) is 0.0424. The lowest BCUT2D eigenvalue weighted by atomic mass is 9.95. The number of hydrogen-bond acceptors (Lipinski definition) is 4. The van der Waals surface area contributed by atoms with Crippen molar-refractivity contribution in [3.8, 4) is 56.0 Å². The van der Waals surface area contributed by atoms with Gasteiger partial charge in [-0.25, -0.2) is 28.2 Å². The fourth-order valence-corrected chi connectivity index (χ4v) is 13.8. The number of unbranched alkanes of at least 4 members (excludes halogenated alkanes) is 6. The van der Waals surface area contributed by atoms with Crippen molar-refractivity contribution in [2.45, 2.75) is 185 Å². The van der Waals surface area contributed by atoms with Gasteiger partial charge >= 0.3 is 0 Å². The van der Waals surface area contributed by atoms with Gasteiger partial charge in [0.1, 0.15) is 37.7 Å². The third kappa shape index (κ3) is 17.7. The highest BCUT2D eigenvalue weighted by Crippen LogP contribution is 2.44. The van der Waals surface area contributed by atoms with Gasteiger partial charge in [-0.15, -0.1) is 0 Å². The van der Waals surface area contributed by atoms with Gasteiger partial charge in [0, 0.05) is 96.4 Å². The summed E-state index contributed by atoms with van der Waals surface area (Å²) in [5, 5.41) is 0. The molecule has 0 fully saturated rings. The molecular weight excluding hydrogens is 1450 g/mol. The zero-order chi connectivity index (χ0) is 64.1. The summed E-state index contributed by atoms with van der Waals surface area (Å²) in [6, 6.07) is 39.9. The fourth-order valence-electron chi connectivity index (χ4n) is 13.8. The lowest BCUT2D eigenvalue weighted by Gasteiger charge is -2.11. The number of hydrogen-bond donors (Lipinski definition) is 2. The van der Waals surface area contributed by atoms with Gasteiger partial charge in [0.25, 0.3) is 0 Å². The summed E-state index contributed by atoms with van der Waals surface area (Å²) < 4.78 is 22.4. The number of ether oxygens (including phenoxy) is 2. The van der Waals surface area contributed by atoms with Crippen LogP contribution in [0.4, 0.5) is 0 Å². The molecule has 506 valence electrons. The molecule has 0 saturated heterocycles. The first-order valence-electron chi connectivity index (χ1n) is 34.6. The van der Waals surface area contributed by atoms with Crippen molar-refractivity contribution < 1.29 is 95.7 Å². The van der Waals surface area contributed by atoms with Crippen molar-refractivity contribution in [2.75, 3.05) is 13.2 Å². The molecule has 7 aromatic heterocycles. The molecule has 0 radical (unpaired) electrons. The molecule has 9 heterocycles. The van der Waals surface area contributed by atoms with E-state index in [-0.39, 0.29) is 67.9 Å². The van der Waals surface area contributed by atoms with Crippen molar-refractivity contribution in [1.29, 1.82) is 0 Å². The van der Waals surface area contributed by atoms with E-state index in [0.29, 0.717) is 13.2 Å². The monoisotopic (exact) mass is 1540 g/mol. The molecule has 10 nitrogen and oxygen atoms in total. The van der Waals surface area contributed by atoms with Crippen LogP contribution >= 0.6 is 0 Å². The summed E-state index contributed by atoms with van der Waals surface area (Å²) in [5.41, 5.74) is 27.5. The van der Waals surface area contributed by atoms with Gasteiger partial charge in [-0.3, -0.25) is 0 Å². The number of allylic oxidation sites excluding steroid dienone is 4. The lowest BCUT2D eigenvalue weighted by Crippen LogP contribution is -3.00. The molecule has 11 rings (SSSR count). The van der Waals surface area contributed by atoms with Crippen LogP contribution in [0.5, 0.6) is 11.5 Å². The molecule has 2 aliphatic heterocycles. The molecule has 14 heteroatoms. The number of nitrogens with one attached hydrogen (secondary N) is 2. The molecule has 0 saturated carbocycles. The summed E-state index contributed by atoms with van der Waals surface area (Å²) in [4.78, 5) is 19.6. The standard InChI is InChI=1S/C82H96N8O2.4BrH/c1-11-17-19-39-87-43-31-61(32-44-87)63-35-47-89(48-36-63)41-21-23-51-91-67-29-25-27-65(53-67)77-79-57(7)69(13-3)73(83-79)55-75-71(15-5)59(9)81(85-75)78(82-60(10)72(16-6)76(86-82)56-74-70(14-4)58(8)80(77)84-74)66-28-26-30-68(54-66)92-52-24-22-42-90-49-37-64(38-50-90)62-33-45-88(46-34-62)40-20-18-12-2;;;;/h25-38,43-50,53-56H,11-24,39-42,51-52H2,1-10H3;4*1H/q+2;;;;/p-2. The van der Waals surface area contributed by atoms with Gasteiger partial charge in [-0.2, -0.15) is 0 Å². The number of benzene rings is 2. The average Bonchev–Trinajstić information content (AvgIpc) is 1.59. The highest BCUT2D eigenvalue weighted by molar-refractivity contribution is 6.03. The topological polar surface area (TPSA) is 91.3 Å². The van der Waals surface area contributed by atoms with E-state index in [2.05, 4.69) is 256 Å². The molecule has 0 atom stereocenters. The molecule has 2 N–H and O–H groups in total. The number of aromatic amines is 2. The first kappa shape index (κ1) is 76.5. The Kier molecular flexibility index (Phi) is 29.2. The van der Waals surface area contributed by atoms with Gasteiger partial charge in [-0.05, 0) is 193 Å². The molecule has 0 unspecified atom stereocenters. The Morgan fingerprint density at radius 2 is 0.688 bits per heavy atom. The van der Waals surface area contributed by atoms with E-state index in [1.54, 1.807) is 0 Å². The average molecular weight is 1550 g/mol. The van der Waals surface area contributed by atoms with Crippen molar-refractivity contribution in [3.63, 3.8) is 0 Å². The second kappa shape index (κ2) is 36.7. The maximum Gasteiger partial charge on any atom is 0.169 e. The van der Waals surface area contributed by atoms with Gasteiger partial charge in [-0.1, -0.05) is 78.6 Å². The van der Waals surface area contributed by atoms with E-state index in [9.17, 15) is 0 Å². The van der Waals surface area contributed by atoms with E-state index in [1.165, 1.54) is 105 Å². The fraction of sp³-hybridized carbons (Fsp3) is 0.366. The zero-order valence-corrected chi connectivity index (χ0v) is 64.5. The summed E-state index contributed by atoms with van der Waals surface area (Å²) in [5.74, 6) is 1.72. The Bertz CT molecular complexity index is 4010. The van der Waals surface area contributed by atoms with E-state index in [0.717, 1.165) is 156 Å². The molecule has 0 amide bonds. The van der Waals surface area contributed by atoms with E-state index >= 15 is 0 Å². The Morgan fingerprint density at radius 1 is 0.365 bits per heavy atom. The Labute approximate surface area is 613 Å². The highest BCUT2D eigenvalue weighted by atomic mass is 79.9. The molecule has 2 aromatic carbocycles. The maximum atomic E-state index is 6.63. The normalized spacial score (nSPS) is 11.9. The summed E-state index contributed by atoms with van der Waals surface area (Å²) >= 11 is 0. The van der Waals surface area contributed by atoms with Crippen LogP contribution in [0.15, 0.2) is 159 Å². The second-order valence-corrected chi connectivity index (χ2v) is 25.3. The van der Waals surface area contributed by atoms with Crippen molar-refractivity contribution in [1.82, 2.24) is 19.9 Å². The maximum absolute atomic E-state index is 6.63. The van der Waals surface area contributed by atoms with E-state index < -0.39 is 0 Å². The molecular formula is C82H98Br4N8O2. The van der Waals surface area contributed by atoms with Crippen LogP contribution < -0.4 is 95.7 Å². The summed E-state index contributed by atoms with van der Waals surface area (Å²) in [7, 11) is 0. The highest BCUT2D eigenvalue weighted by Gasteiger charge is 2.26. The summed E-state index contributed by atoms with van der Waals surface area (Å²) in [6.45, 7) is 27.9. The predicted molar refractivity (Wildman–Crippen MR) is 379 cm³/mol. The number of aryl methyl sites for hydroxylation is 8. The van der Waals surface area contributed by atoms with Gasteiger partial charge in [0.05, 0.1) is 47.0 Å². The van der Waals surface area contributed by atoms with E-state index in [4.69, 9.17) is 19.4 Å². The molecule has 2 aliphatic rings. The van der Waals surface area contributed by atoms with Crippen LogP contribution in [0, 0.1) is 13.8 Å². The van der Waals surface area contributed by atoms with E-state index in [1.807, 2.05) is 0 Å². The Morgan fingerprint density at radius 3 is 0.990 bits per heavy atom. The van der Waals surface area contributed by atoms with Crippen LogP contribution in [0.25, 0.3) is 88.9 Å². The van der Waals surface area contributed by atoms with Crippen molar-refractivity contribution in [3.05, 3.63) is 204 Å². The largest absolute Gasteiger partial charge is 1.00 e. The minimum absolute atomic E-state index is 0. The summed E-state index contributed by atoms with van der Waals surface area (Å²) in [6.07, 6.45) is 32.4. The number of pyridine rings is 4. The van der Waals surface area contributed by atoms with Crippen LogP contribution in [0.1, 0.15) is 177 Å². The smallest absolute Gasteiger partial charge is 0.169 e. The number of H-pyrrole nitrogens is 2. The number of aromatic nitrogens is 8. The molecule has 0 spiro atoms. The number of fused-ring (bicyclic) bond motifs is 8. The molecule has 8 bridgehead atoms. The first-order chi connectivity index (χ1) is 45.0. The van der Waals surface area contributed by atoms with Gasteiger partial charge in [0.15, 0.2) is 49.6 Å². The molecule has 9 aromatic rings. The van der Waals surface area contributed by atoms with Crippen LogP contribution in [-0.4, -0.2) is 33.1 Å². The Hall–Kier alpha value is -6.84. The molecule has 96 heavy (non-hydrogen) atoms. The van der Waals surface area contributed by atoms with Crippen LogP contribution in [0.2, 0.25) is 0 Å². The Balaban J connectivity index is 0.00000325. The third-order valence-electron chi connectivity index (χ3n) is 19.1. The van der Waals surface area contributed by atoms with Crippen molar-refractivity contribution >= 4 is 44.4 Å². The minimum Gasteiger partial charge on any atom is -1.00 e. The zero-order valence-electron chi connectivity index (χ0n) is 58.2. The van der Waals surface area contributed by atoms with Crippen molar-refractivity contribution in [2.24, 2.45) is 0 Å². The lowest BCUT2D eigenvalue weighted by molar-refractivity contribution is -0.697. The third-order valence-corrected chi connectivity index (χ3v) is 19.1. The predicted octanol–water partition coefficient (Wildman–Crippen LogP) is 6.67. The van der Waals surface area contributed by atoms with Crippen LogP contribution in [0.3, 0.4) is 0 Å². The SMILES string of the molecule is CCCCC[n+]1ccc(-c2cc[n+](CCCCOc3cccc(-c4c5nc(cc6[nH]c(c(C)c6CC)c(-c6cccc(OCCCC[n+]7ccc(-c8cc[n+](CCCCC)cc8)cc7)c6)c6nc(cc7[nH]c4c(C)c7CC)C(CC)=C6C)C(CC)=C5C)c3)cc2)cc1.[Br-].[Br-].[Br-].[Br-]. The molecule has 0 aliphatic carbocycles. The number of rotatable bonds is 28. The minimum atomic E-state index is 0. The van der Waals surface area contributed by atoms with Gasteiger partial charge in [0.2, 0.25) is 0 Å². The van der Waals surface area contributed by atoms with Gasteiger partial charge < -0.3 is 87.4 Å². The van der Waals surface area contributed by atoms with Crippen LogP contribution in [-0.2, 0) is 39.0 Å².